The number of carboxylic acid groups (broad SMARTS) is 1. The second-order valence-corrected chi connectivity index (χ2v) is 24.6. The van der Waals surface area contributed by atoms with E-state index in [9.17, 15) is 50.4 Å². The molecule has 5 unspecified atom stereocenters. The van der Waals surface area contributed by atoms with Crippen LogP contribution in [-0.4, -0.2) is 110 Å². The van der Waals surface area contributed by atoms with Crippen molar-refractivity contribution in [2.24, 2.45) is 27.6 Å². The summed E-state index contributed by atoms with van der Waals surface area (Å²) < 4.78 is 89.4. The van der Waals surface area contributed by atoms with E-state index in [0.717, 1.165) is 57.8 Å². The van der Waals surface area contributed by atoms with Crippen LogP contribution in [0.25, 0.3) is 10.8 Å². The van der Waals surface area contributed by atoms with Crippen molar-refractivity contribution in [1.82, 2.24) is 5.06 Å². The number of esters is 3. The third kappa shape index (κ3) is 22.3. The normalized spacial score (nSPS) is 18.9. The van der Waals surface area contributed by atoms with Crippen molar-refractivity contribution >= 4 is 56.6 Å². The van der Waals surface area contributed by atoms with Crippen LogP contribution in [-0.2, 0) is 57.3 Å². The Morgan fingerprint density at radius 3 is 1.62 bits per heavy atom. The summed E-state index contributed by atoms with van der Waals surface area (Å²) in [5, 5.41) is 17.2. The van der Waals surface area contributed by atoms with E-state index in [1.165, 1.54) is 36.2 Å². The Labute approximate surface area is 483 Å². The van der Waals surface area contributed by atoms with Gasteiger partial charge in [-0.25, -0.2) is 0 Å². The molecule has 3 aromatic carbocycles. The predicted molar refractivity (Wildman–Crippen MR) is 304 cm³/mol. The van der Waals surface area contributed by atoms with Crippen molar-refractivity contribution < 1.29 is 88.5 Å². The number of rotatable bonds is 17. The largest absolute Gasteiger partial charge is 0.525 e. The summed E-state index contributed by atoms with van der Waals surface area (Å²) in [6.07, 6.45) is 11.3. The monoisotopic (exact) mass is 1180 g/mol. The molecule has 0 spiro atoms. The zero-order valence-corrected chi connectivity index (χ0v) is 51.3. The Morgan fingerprint density at radius 1 is 0.683 bits per heavy atom. The number of fused-ring (bicyclic) bond motifs is 1. The number of carbonyl (C=O) groups is 6. The number of nitrogens with zero attached hydrogens (tertiary/aromatic N) is 1. The molecule has 3 heterocycles. The average Bonchev–Trinajstić information content (AvgIpc) is 3.96. The molecular weight excluding hydrogens is 1090 g/mol. The summed E-state index contributed by atoms with van der Waals surface area (Å²) in [5.74, 6) is -2.52. The Balaban J connectivity index is 0.000000349. The van der Waals surface area contributed by atoms with Gasteiger partial charge in [-0.05, 0) is 155 Å². The maximum Gasteiger partial charge on any atom is 0.525 e. The van der Waals surface area contributed by atoms with Gasteiger partial charge < -0.3 is 33.9 Å². The number of aliphatic hydroxyl groups excluding tert-OH is 1. The molecule has 21 heteroatoms. The second-order valence-electron chi connectivity index (χ2n) is 23.1. The lowest BCUT2D eigenvalue weighted by molar-refractivity contribution is -0.196. The minimum Gasteiger partial charge on any atom is -0.481 e. The van der Waals surface area contributed by atoms with E-state index >= 15 is 0 Å². The van der Waals surface area contributed by atoms with Gasteiger partial charge in [-0.15, -0.1) is 9.35 Å². The molecule has 17 nitrogen and oxygen atoms in total. The Kier molecular flexibility index (Phi) is 28.8. The standard InChI is InChI=1S/C13H6F3NO5S.C13H22O3.C11H20O3.C10H14.C8H16O3.C6H12O2/c14-13(15,16)23(20,21)22-17-11(18)8-5-1-3-7-4-2-6-9(10(7)8)12(17)19;1-4-13(2,3)12(14)15-8-9-5-6-10-11(7-9)16-10;1-4-11(2,3)10(12)14-9-7-5-6-8-13-9;1-3-9(2)10-7-5-4-6-8-10;1-4-8(2,3)7(10)11-6-5-9;1-4-6(2,3)5(7)8/h1-6H;9-11H,4-8H2,1-3H3;9H,4-8H2,1-3H3;4-9H,3H2,1-2H3;9H,4-6H2,1-3H3;4H2,1-3H3,(H,7,8). The molecule has 2 N–H and O–H groups in total. The lowest BCUT2D eigenvalue weighted by atomic mass is 9.89. The van der Waals surface area contributed by atoms with Gasteiger partial charge in [0.2, 0.25) is 6.29 Å². The van der Waals surface area contributed by atoms with E-state index < -0.39 is 44.2 Å². The highest BCUT2D eigenvalue weighted by molar-refractivity contribution is 7.87. The van der Waals surface area contributed by atoms with Crippen molar-refractivity contribution in [1.29, 1.82) is 0 Å². The lowest BCUT2D eigenvalue weighted by Crippen LogP contribution is -2.44. The number of imide groups is 1. The highest BCUT2D eigenvalue weighted by Crippen LogP contribution is 2.40. The number of hydroxylamine groups is 2. The van der Waals surface area contributed by atoms with E-state index in [0.29, 0.717) is 49.1 Å². The fraction of sp³-hybridized carbons (Fsp3) is 0.639. The maximum absolute atomic E-state index is 12.4. The maximum atomic E-state index is 12.4. The lowest BCUT2D eigenvalue weighted by Gasteiger charge is -2.27. The van der Waals surface area contributed by atoms with Crippen molar-refractivity contribution in [2.75, 3.05) is 26.4 Å². The molecule has 0 bridgehead atoms. The van der Waals surface area contributed by atoms with Gasteiger partial charge in [0.1, 0.15) is 6.61 Å². The van der Waals surface area contributed by atoms with Gasteiger partial charge in [-0.1, -0.05) is 96.1 Å². The van der Waals surface area contributed by atoms with Gasteiger partial charge in [0.15, 0.2) is 0 Å². The van der Waals surface area contributed by atoms with E-state index in [2.05, 4.69) is 48.5 Å². The summed E-state index contributed by atoms with van der Waals surface area (Å²) in [6, 6.07) is 19.3. The van der Waals surface area contributed by atoms with Crippen LogP contribution in [0.4, 0.5) is 13.2 Å². The topological polar surface area (TPSA) is 239 Å². The SMILES string of the molecule is CCC(C)(C)C(=O)O.CCC(C)(C)C(=O)OC1CCCCO1.CCC(C)(C)C(=O)OCC1CCC2OC2C1.CCC(C)(C)C(=O)OCCO.CCC(C)c1ccccc1.O=C1c2cccc3cccc(c23)C(=O)N1OS(=O)(=O)C(F)(F)F. The molecule has 0 aromatic heterocycles. The molecule has 3 aliphatic heterocycles. The van der Waals surface area contributed by atoms with E-state index in [4.69, 9.17) is 33.9 Å². The fourth-order valence-electron chi connectivity index (χ4n) is 7.26. The molecule has 7 rings (SSSR count). The molecule has 3 aromatic rings. The van der Waals surface area contributed by atoms with Gasteiger partial charge in [-0.2, -0.15) is 21.6 Å². The first-order valence-corrected chi connectivity index (χ1v) is 29.7. The van der Waals surface area contributed by atoms with Crippen molar-refractivity contribution in [3.63, 3.8) is 0 Å². The molecule has 5 atom stereocenters. The summed E-state index contributed by atoms with van der Waals surface area (Å²) in [5.41, 5.74) is -6.27. The summed E-state index contributed by atoms with van der Waals surface area (Å²) >= 11 is 0. The Bertz CT molecular complexity index is 2600. The number of carboxylic acids is 1. The first-order valence-electron chi connectivity index (χ1n) is 28.2. The van der Waals surface area contributed by atoms with E-state index in [1.54, 1.807) is 26.0 Å². The number of ether oxygens (including phenoxy) is 5. The van der Waals surface area contributed by atoms with Gasteiger partial charge in [0.05, 0.1) is 64.8 Å². The highest BCUT2D eigenvalue weighted by Gasteiger charge is 2.52. The van der Waals surface area contributed by atoms with Crippen LogP contribution in [0.5, 0.6) is 0 Å². The highest BCUT2D eigenvalue weighted by atomic mass is 32.2. The molecule has 2 amide bonds. The average molecular weight is 1180 g/mol. The van der Waals surface area contributed by atoms with Gasteiger partial charge in [0, 0.05) is 11.8 Å². The molecule has 82 heavy (non-hydrogen) atoms. The van der Waals surface area contributed by atoms with Crippen LogP contribution in [0.1, 0.15) is 200 Å². The predicted octanol–water partition coefficient (Wildman–Crippen LogP) is 12.9. The van der Waals surface area contributed by atoms with Gasteiger partial charge in [0.25, 0.3) is 11.8 Å². The van der Waals surface area contributed by atoms with Crippen molar-refractivity contribution in [2.45, 2.75) is 197 Å². The number of aliphatic hydroxyl groups is 1. The van der Waals surface area contributed by atoms with Gasteiger partial charge >= 0.3 is 39.5 Å². The number of halogens is 3. The number of hydrogen-bond donors (Lipinski definition) is 2. The molecule has 2 saturated heterocycles. The Hall–Kier alpha value is -5.48. The molecule has 3 fully saturated rings. The van der Waals surface area contributed by atoms with Crippen molar-refractivity contribution in [3.05, 3.63) is 83.4 Å². The van der Waals surface area contributed by atoms with E-state index in [-0.39, 0.29) is 69.8 Å². The molecule has 462 valence electrons. The Morgan fingerprint density at radius 2 is 1.20 bits per heavy atom. The molecule has 4 aliphatic rings. The first kappa shape index (κ1) is 72.6. The van der Waals surface area contributed by atoms with Crippen molar-refractivity contribution in [3.8, 4) is 0 Å². The third-order valence-corrected chi connectivity index (χ3v) is 16.1. The summed E-state index contributed by atoms with van der Waals surface area (Å²) in [7, 11) is -6.15. The summed E-state index contributed by atoms with van der Waals surface area (Å²) in [6.45, 7) is 28.3. The number of aliphatic carboxylic acids is 1. The van der Waals surface area contributed by atoms with Crippen LogP contribution in [0.3, 0.4) is 0 Å². The van der Waals surface area contributed by atoms with Gasteiger partial charge in [-0.3, -0.25) is 28.8 Å². The number of benzene rings is 3. The van der Waals surface area contributed by atoms with Crippen LogP contribution in [0.2, 0.25) is 0 Å². The number of amides is 2. The molecule has 0 radical (unpaired) electrons. The van der Waals surface area contributed by atoms with Crippen LogP contribution < -0.4 is 0 Å². The second kappa shape index (κ2) is 32.5. The quantitative estimate of drug-likeness (QED) is 0.0420. The smallest absolute Gasteiger partial charge is 0.481 e. The minimum atomic E-state index is -6.15. The van der Waals surface area contributed by atoms with E-state index in [1.807, 2.05) is 69.2 Å². The zero-order chi connectivity index (χ0) is 62.4. The van der Waals surface area contributed by atoms with Crippen LogP contribution in [0.15, 0.2) is 66.7 Å². The van der Waals surface area contributed by atoms with Crippen LogP contribution in [0, 0.1) is 27.6 Å². The minimum absolute atomic E-state index is 0.0613. The molecule has 1 aliphatic carbocycles. The number of hydrogen-bond acceptors (Lipinski definition) is 15. The fourth-order valence-corrected chi connectivity index (χ4v) is 7.68. The number of alkyl halides is 3. The molecular formula is C61H90F3NO16S. The third-order valence-electron chi connectivity index (χ3n) is 15.2. The number of carbonyl (C=O) groups excluding carboxylic acids is 5. The molecule has 1 saturated carbocycles. The van der Waals surface area contributed by atoms with Crippen LogP contribution >= 0.6 is 0 Å². The first-order chi connectivity index (χ1) is 38.1. The zero-order valence-electron chi connectivity index (χ0n) is 50.4. The summed E-state index contributed by atoms with van der Waals surface area (Å²) in [4.78, 5) is 69.1. The number of epoxide rings is 1.